The van der Waals surface area contributed by atoms with Gasteiger partial charge in [-0.2, -0.15) is 0 Å². The largest absolute Gasteiger partial charge is 0.454 e. The number of anilines is 6. The third-order valence-electron chi connectivity index (χ3n) is 15.1. The Kier molecular flexibility index (Phi) is 9.00. The van der Waals surface area contributed by atoms with Crippen molar-refractivity contribution in [2.24, 2.45) is 0 Å². The number of benzene rings is 6. The summed E-state index contributed by atoms with van der Waals surface area (Å²) in [4.78, 5) is 4.75. The monoisotopic (exact) mass is 848 g/mol. The van der Waals surface area contributed by atoms with Gasteiger partial charge in [-0.3, -0.25) is 0 Å². The molecule has 2 heterocycles. The summed E-state index contributed by atoms with van der Waals surface area (Å²) in [6.45, 7) is 19.2. The summed E-state index contributed by atoms with van der Waals surface area (Å²) in [7, 11) is 0. The zero-order chi connectivity index (χ0) is 43.6. The van der Waals surface area contributed by atoms with E-state index in [2.05, 4.69) is 187 Å². The standard InChI is InChI=1S/C58H57ClN2O2/c1-55(2)27-29-57(5,6)47-34-37(23-25-45(47)55)60(49-19-13-17-43-41-15-9-11-21-51(41)62-53(43)49)39-31-36(59)32-40(33-39)61(38-24-26-46-48(35-38)58(7,8)30-28-56(46,3)4)50-20-14-18-44-42-16-10-12-22-52(42)63-54(44)50/h9,11-15,17-26,31-35H,10,16,27-30H2,1-8H3. The van der Waals surface area contributed by atoms with Crippen LogP contribution in [-0.4, -0.2) is 0 Å². The molecule has 0 saturated heterocycles. The molecule has 5 heteroatoms. The summed E-state index contributed by atoms with van der Waals surface area (Å²) in [5.74, 6) is 0.951. The van der Waals surface area contributed by atoms with Gasteiger partial charge in [-0.25, -0.2) is 0 Å². The number of rotatable bonds is 6. The van der Waals surface area contributed by atoms with Crippen LogP contribution in [0, 0.1) is 0 Å². The van der Waals surface area contributed by atoms with Crippen molar-refractivity contribution >= 4 is 84.7 Å². The molecule has 0 amide bonds. The second kappa shape index (κ2) is 14.1. The maximum Gasteiger partial charge on any atom is 0.159 e. The molecule has 0 atom stereocenters. The van der Waals surface area contributed by atoms with Crippen molar-refractivity contribution in [2.45, 2.75) is 116 Å². The normalized spacial score (nSPS) is 18.0. The first-order valence-corrected chi connectivity index (χ1v) is 23.3. The molecule has 3 aliphatic rings. The van der Waals surface area contributed by atoms with Gasteiger partial charge in [0.15, 0.2) is 11.2 Å². The van der Waals surface area contributed by atoms with Gasteiger partial charge in [-0.05, 0) is 149 Å². The third-order valence-corrected chi connectivity index (χ3v) is 15.3. The van der Waals surface area contributed by atoms with Crippen molar-refractivity contribution in [3.8, 4) is 0 Å². The lowest BCUT2D eigenvalue weighted by atomic mass is 9.63. The second-order valence-corrected chi connectivity index (χ2v) is 21.6. The highest BCUT2D eigenvalue weighted by molar-refractivity contribution is 6.31. The molecule has 0 bridgehead atoms. The number of halogens is 1. The fourth-order valence-corrected chi connectivity index (χ4v) is 11.4. The van der Waals surface area contributed by atoms with Gasteiger partial charge in [-0.15, -0.1) is 0 Å². The molecular formula is C58H57ClN2O2. The van der Waals surface area contributed by atoms with Crippen LogP contribution in [0.5, 0.6) is 0 Å². The number of allylic oxidation sites excluding steroid dienone is 1. The minimum absolute atomic E-state index is 0.0130. The number of aryl methyl sites for hydroxylation is 1. The van der Waals surface area contributed by atoms with Gasteiger partial charge in [0, 0.05) is 49.5 Å². The van der Waals surface area contributed by atoms with Crippen molar-refractivity contribution in [3.63, 3.8) is 0 Å². The van der Waals surface area contributed by atoms with Gasteiger partial charge in [0.05, 0.1) is 11.4 Å². The van der Waals surface area contributed by atoms with Crippen LogP contribution in [0.1, 0.15) is 121 Å². The highest BCUT2D eigenvalue weighted by Gasteiger charge is 2.39. The third kappa shape index (κ3) is 6.46. The summed E-state index contributed by atoms with van der Waals surface area (Å²) in [5.41, 5.74) is 15.7. The molecule has 0 aliphatic heterocycles. The molecule has 6 aromatic carbocycles. The minimum atomic E-state index is 0.0130. The molecule has 0 radical (unpaired) electrons. The van der Waals surface area contributed by atoms with E-state index in [4.69, 9.17) is 20.4 Å². The number of hydrogen-bond acceptors (Lipinski definition) is 4. The summed E-state index contributed by atoms with van der Waals surface area (Å²) in [6, 6.07) is 42.2. The SMILES string of the molecule is CC1(C)CCC(C)(C)c2cc(N(c3cc(Cl)cc(N(c4ccc5c(c4)C(C)(C)CCC5(C)C)c4cccc5c4oc4ccccc45)c3)c3cccc4c5c(oc34)C=CCC5)ccc21. The van der Waals surface area contributed by atoms with Gasteiger partial charge in [0.2, 0.25) is 0 Å². The molecule has 318 valence electrons. The number of furan rings is 2. The molecule has 0 saturated carbocycles. The van der Waals surface area contributed by atoms with Gasteiger partial charge < -0.3 is 18.6 Å². The molecule has 3 aliphatic carbocycles. The minimum Gasteiger partial charge on any atom is -0.454 e. The van der Waals surface area contributed by atoms with E-state index >= 15 is 0 Å². The van der Waals surface area contributed by atoms with E-state index in [9.17, 15) is 0 Å². The average Bonchev–Trinajstić information content (AvgIpc) is 3.84. The van der Waals surface area contributed by atoms with Crippen molar-refractivity contribution in [3.05, 3.63) is 160 Å². The molecular weight excluding hydrogens is 792 g/mol. The van der Waals surface area contributed by atoms with E-state index in [1.807, 2.05) is 6.07 Å². The molecule has 0 unspecified atom stereocenters. The van der Waals surface area contributed by atoms with E-state index in [0.29, 0.717) is 5.02 Å². The first-order valence-electron chi connectivity index (χ1n) is 22.9. The van der Waals surface area contributed by atoms with Crippen molar-refractivity contribution in [1.29, 1.82) is 0 Å². The highest BCUT2D eigenvalue weighted by Crippen LogP contribution is 2.53. The Balaban J connectivity index is 1.18. The fraction of sp³-hybridized carbons (Fsp3) is 0.310. The highest BCUT2D eigenvalue weighted by atomic mass is 35.5. The van der Waals surface area contributed by atoms with Crippen LogP contribution in [0.4, 0.5) is 34.1 Å². The van der Waals surface area contributed by atoms with E-state index in [-0.39, 0.29) is 21.7 Å². The molecule has 0 spiro atoms. The van der Waals surface area contributed by atoms with E-state index in [1.165, 1.54) is 27.8 Å². The molecule has 63 heavy (non-hydrogen) atoms. The van der Waals surface area contributed by atoms with E-state index < -0.39 is 0 Å². The number of fused-ring (bicyclic) bond motifs is 8. The lowest BCUT2D eigenvalue weighted by molar-refractivity contribution is 0.332. The topological polar surface area (TPSA) is 32.8 Å². The van der Waals surface area contributed by atoms with Gasteiger partial charge in [0.1, 0.15) is 11.3 Å². The van der Waals surface area contributed by atoms with Crippen LogP contribution in [-0.2, 0) is 28.1 Å². The molecule has 2 aromatic heterocycles. The fourth-order valence-electron chi connectivity index (χ4n) is 11.2. The lowest BCUT2D eigenvalue weighted by Crippen LogP contribution is -2.34. The number of para-hydroxylation sites is 3. The summed E-state index contributed by atoms with van der Waals surface area (Å²) in [5, 5.41) is 3.99. The number of nitrogens with zero attached hydrogens (tertiary/aromatic N) is 2. The van der Waals surface area contributed by atoms with Crippen LogP contribution < -0.4 is 9.80 Å². The Hall–Kier alpha value is -5.71. The summed E-state index contributed by atoms with van der Waals surface area (Å²) in [6.07, 6.45) is 10.9. The van der Waals surface area contributed by atoms with Crippen LogP contribution >= 0.6 is 11.6 Å². The average molecular weight is 850 g/mol. The predicted molar refractivity (Wildman–Crippen MR) is 266 cm³/mol. The Labute approximate surface area is 377 Å². The smallest absolute Gasteiger partial charge is 0.159 e. The molecule has 0 N–H and O–H groups in total. The Morgan fingerprint density at radius 1 is 0.476 bits per heavy atom. The lowest BCUT2D eigenvalue weighted by Gasteiger charge is -2.42. The van der Waals surface area contributed by atoms with Crippen LogP contribution in [0.3, 0.4) is 0 Å². The maximum atomic E-state index is 7.46. The van der Waals surface area contributed by atoms with Gasteiger partial charge in [0.25, 0.3) is 0 Å². The Morgan fingerprint density at radius 3 is 1.57 bits per heavy atom. The van der Waals surface area contributed by atoms with Crippen molar-refractivity contribution in [1.82, 2.24) is 0 Å². The van der Waals surface area contributed by atoms with Crippen LogP contribution in [0.25, 0.3) is 39.0 Å². The Bertz CT molecular complexity index is 3170. The zero-order valence-electron chi connectivity index (χ0n) is 38.0. The zero-order valence-corrected chi connectivity index (χ0v) is 38.7. The molecule has 11 rings (SSSR count). The van der Waals surface area contributed by atoms with E-state index in [1.54, 1.807) is 0 Å². The first-order chi connectivity index (χ1) is 30.1. The Morgan fingerprint density at radius 2 is 0.984 bits per heavy atom. The summed E-state index contributed by atoms with van der Waals surface area (Å²) >= 11 is 7.46. The second-order valence-electron chi connectivity index (χ2n) is 21.1. The van der Waals surface area contributed by atoms with E-state index in [0.717, 1.165) is 111 Å². The predicted octanol–water partition coefficient (Wildman–Crippen LogP) is 17.6. The first kappa shape index (κ1) is 40.1. The molecule has 8 aromatic rings. The molecule has 4 nitrogen and oxygen atoms in total. The van der Waals surface area contributed by atoms with Crippen LogP contribution in [0.2, 0.25) is 5.02 Å². The van der Waals surface area contributed by atoms with Gasteiger partial charge >= 0.3 is 0 Å². The van der Waals surface area contributed by atoms with Gasteiger partial charge in [-0.1, -0.05) is 128 Å². The number of hydrogen-bond donors (Lipinski definition) is 0. The molecule has 0 fully saturated rings. The van der Waals surface area contributed by atoms with Crippen molar-refractivity contribution in [2.75, 3.05) is 9.80 Å². The maximum absolute atomic E-state index is 7.46. The quantitative estimate of drug-likeness (QED) is 0.167. The van der Waals surface area contributed by atoms with Crippen LogP contribution in [0.15, 0.2) is 130 Å². The summed E-state index contributed by atoms with van der Waals surface area (Å²) < 4.78 is 13.7. The van der Waals surface area contributed by atoms with Crippen molar-refractivity contribution < 1.29 is 8.83 Å².